The van der Waals surface area contributed by atoms with Crippen LogP contribution in [0.3, 0.4) is 0 Å². The summed E-state index contributed by atoms with van der Waals surface area (Å²) in [5.74, 6) is 1.84. The lowest BCUT2D eigenvalue weighted by atomic mass is 9.75. The molecule has 1 aliphatic heterocycles. The minimum absolute atomic E-state index is 0.168. The molecule has 0 radical (unpaired) electrons. The average Bonchev–Trinajstić information content (AvgIpc) is 3.26. The first-order chi connectivity index (χ1) is 18.0. The van der Waals surface area contributed by atoms with Crippen LogP contribution < -0.4 is 4.74 Å². The van der Waals surface area contributed by atoms with E-state index in [-0.39, 0.29) is 5.41 Å². The van der Waals surface area contributed by atoms with E-state index in [2.05, 4.69) is 102 Å². The summed E-state index contributed by atoms with van der Waals surface area (Å²) >= 11 is 0. The van der Waals surface area contributed by atoms with Gasteiger partial charge in [-0.3, -0.25) is 0 Å². The lowest BCUT2D eigenvalue weighted by Gasteiger charge is -2.34. The number of para-hydroxylation sites is 2. The van der Waals surface area contributed by atoms with Crippen LogP contribution in [0.5, 0.6) is 11.5 Å². The Balaban J connectivity index is 1.43. The lowest BCUT2D eigenvalue weighted by molar-refractivity contribution is 0.418. The third-order valence-electron chi connectivity index (χ3n) is 7.66. The van der Waals surface area contributed by atoms with Crippen LogP contribution in [0.1, 0.15) is 25.0 Å². The van der Waals surface area contributed by atoms with Gasteiger partial charge in [0, 0.05) is 27.6 Å². The average molecular weight is 477 g/mol. The molecule has 0 saturated carbocycles. The van der Waals surface area contributed by atoms with E-state index in [1.807, 2.05) is 30.3 Å². The number of ether oxygens (including phenoxy) is 1. The Morgan fingerprint density at radius 3 is 2.11 bits per heavy atom. The highest BCUT2D eigenvalue weighted by Gasteiger charge is 2.34. The molecule has 176 valence electrons. The van der Waals surface area contributed by atoms with Crippen LogP contribution in [0.25, 0.3) is 43.5 Å². The second-order valence-electron chi connectivity index (χ2n) is 10.2. The van der Waals surface area contributed by atoms with Crippen molar-refractivity contribution in [3.8, 4) is 28.3 Å². The van der Waals surface area contributed by atoms with Gasteiger partial charge in [-0.25, -0.2) is 4.85 Å². The number of benzene rings is 5. The van der Waals surface area contributed by atoms with Gasteiger partial charge in [-0.2, -0.15) is 0 Å². The van der Waals surface area contributed by atoms with E-state index in [1.54, 1.807) is 0 Å². The summed E-state index contributed by atoms with van der Waals surface area (Å²) < 4.78 is 8.56. The number of nitrogens with zero attached hydrogens (tertiary/aromatic N) is 2. The van der Waals surface area contributed by atoms with Crippen molar-refractivity contribution in [1.29, 1.82) is 0 Å². The van der Waals surface area contributed by atoms with Crippen molar-refractivity contribution in [3.05, 3.63) is 132 Å². The first kappa shape index (κ1) is 21.5. The second kappa shape index (κ2) is 7.85. The second-order valence-corrected chi connectivity index (χ2v) is 10.2. The Hall–Kier alpha value is -4.81. The highest BCUT2D eigenvalue weighted by atomic mass is 16.5. The molecule has 0 N–H and O–H groups in total. The van der Waals surface area contributed by atoms with Crippen LogP contribution in [0.15, 0.2) is 109 Å². The largest absolute Gasteiger partial charge is 0.457 e. The van der Waals surface area contributed by atoms with Crippen LogP contribution in [-0.4, -0.2) is 4.57 Å². The SMILES string of the molecule is [C-]#[N+]c1ccc2c(c1)c1cc(-c3ccc4c(c3)C(C)(C)c3ccccc3O4)ccc1n2-c1ccccc1. The lowest BCUT2D eigenvalue weighted by Crippen LogP contribution is -2.24. The maximum atomic E-state index is 7.56. The van der Waals surface area contributed by atoms with Crippen molar-refractivity contribution < 1.29 is 4.74 Å². The van der Waals surface area contributed by atoms with E-state index >= 15 is 0 Å². The molecule has 3 nitrogen and oxygen atoms in total. The Labute approximate surface area is 216 Å². The Bertz CT molecular complexity index is 1890. The van der Waals surface area contributed by atoms with E-state index in [9.17, 15) is 0 Å². The molecule has 0 saturated heterocycles. The smallest absolute Gasteiger partial charge is 0.188 e. The zero-order valence-corrected chi connectivity index (χ0v) is 20.7. The molecule has 0 spiro atoms. The molecule has 0 fully saturated rings. The fourth-order valence-electron chi connectivity index (χ4n) is 5.74. The fourth-order valence-corrected chi connectivity index (χ4v) is 5.74. The third-order valence-corrected chi connectivity index (χ3v) is 7.66. The van der Waals surface area contributed by atoms with Gasteiger partial charge < -0.3 is 9.30 Å². The van der Waals surface area contributed by atoms with E-state index < -0.39 is 0 Å². The van der Waals surface area contributed by atoms with Gasteiger partial charge in [0.15, 0.2) is 5.69 Å². The normalized spacial score (nSPS) is 13.5. The molecule has 0 bridgehead atoms. The van der Waals surface area contributed by atoms with Crippen molar-refractivity contribution in [3.63, 3.8) is 0 Å². The molecule has 0 amide bonds. The number of hydrogen-bond donors (Lipinski definition) is 0. The molecule has 0 unspecified atom stereocenters. The summed E-state index contributed by atoms with van der Waals surface area (Å²) in [7, 11) is 0. The maximum absolute atomic E-state index is 7.56. The highest BCUT2D eigenvalue weighted by molar-refractivity contribution is 6.11. The Morgan fingerprint density at radius 2 is 1.30 bits per heavy atom. The van der Waals surface area contributed by atoms with Crippen LogP contribution in [-0.2, 0) is 5.41 Å². The van der Waals surface area contributed by atoms with Crippen LogP contribution in [0.2, 0.25) is 0 Å². The highest BCUT2D eigenvalue weighted by Crippen LogP contribution is 2.49. The topological polar surface area (TPSA) is 18.5 Å². The van der Waals surface area contributed by atoms with Crippen molar-refractivity contribution >= 4 is 27.5 Å². The zero-order valence-electron chi connectivity index (χ0n) is 20.7. The summed E-state index contributed by atoms with van der Waals surface area (Å²) in [6, 6.07) is 37.8. The van der Waals surface area contributed by atoms with Gasteiger partial charge in [-0.05, 0) is 71.1 Å². The minimum atomic E-state index is -0.168. The van der Waals surface area contributed by atoms with Crippen molar-refractivity contribution in [1.82, 2.24) is 4.57 Å². The van der Waals surface area contributed by atoms with E-state index in [1.165, 1.54) is 11.1 Å². The maximum Gasteiger partial charge on any atom is 0.188 e. The predicted molar refractivity (Wildman–Crippen MR) is 151 cm³/mol. The van der Waals surface area contributed by atoms with Gasteiger partial charge in [-0.15, -0.1) is 0 Å². The molecule has 1 aliphatic rings. The molecule has 3 heteroatoms. The summed E-state index contributed by atoms with van der Waals surface area (Å²) in [5, 5.41) is 2.23. The number of aromatic nitrogens is 1. The van der Waals surface area contributed by atoms with Gasteiger partial charge in [0.25, 0.3) is 0 Å². The number of hydrogen-bond acceptors (Lipinski definition) is 1. The Kier molecular flexibility index (Phi) is 4.55. The number of fused-ring (bicyclic) bond motifs is 5. The molecule has 0 aliphatic carbocycles. The van der Waals surface area contributed by atoms with E-state index in [0.717, 1.165) is 50.1 Å². The van der Waals surface area contributed by atoms with E-state index in [4.69, 9.17) is 11.3 Å². The van der Waals surface area contributed by atoms with Crippen molar-refractivity contribution in [2.45, 2.75) is 19.3 Å². The molecule has 6 aromatic rings. The van der Waals surface area contributed by atoms with Gasteiger partial charge >= 0.3 is 0 Å². The van der Waals surface area contributed by atoms with Gasteiger partial charge in [0.1, 0.15) is 11.5 Å². The van der Waals surface area contributed by atoms with Gasteiger partial charge in [0.2, 0.25) is 0 Å². The zero-order chi connectivity index (χ0) is 25.1. The minimum Gasteiger partial charge on any atom is -0.457 e. The van der Waals surface area contributed by atoms with Crippen molar-refractivity contribution in [2.75, 3.05) is 0 Å². The quantitative estimate of drug-likeness (QED) is 0.228. The summed E-state index contributed by atoms with van der Waals surface area (Å²) in [6.45, 7) is 12.1. The molecule has 37 heavy (non-hydrogen) atoms. The molecular formula is C34H24N2O. The third kappa shape index (κ3) is 3.20. The standard InChI is InChI=1S/C34H24N2O/c1-34(2)28-11-7-8-12-32(28)37-33-18-14-23(20-29(33)34)22-13-16-30-26(19-22)27-21-24(35-3)15-17-31(27)36(30)25-9-5-4-6-10-25/h4-21H,1-2H3. The predicted octanol–water partition coefficient (Wildman–Crippen LogP) is 9.43. The van der Waals surface area contributed by atoms with E-state index in [0.29, 0.717) is 5.69 Å². The van der Waals surface area contributed by atoms with Crippen LogP contribution in [0, 0.1) is 6.57 Å². The van der Waals surface area contributed by atoms with Crippen molar-refractivity contribution in [2.24, 2.45) is 0 Å². The first-order valence-corrected chi connectivity index (χ1v) is 12.5. The molecule has 2 heterocycles. The van der Waals surface area contributed by atoms with Crippen LogP contribution in [0.4, 0.5) is 5.69 Å². The fraction of sp³-hybridized carbons (Fsp3) is 0.0882. The van der Waals surface area contributed by atoms with Gasteiger partial charge in [0.05, 0.1) is 17.6 Å². The molecule has 7 rings (SSSR count). The van der Waals surface area contributed by atoms with Crippen LogP contribution >= 0.6 is 0 Å². The first-order valence-electron chi connectivity index (χ1n) is 12.5. The monoisotopic (exact) mass is 476 g/mol. The summed E-state index contributed by atoms with van der Waals surface area (Å²) in [6.07, 6.45) is 0. The molecule has 5 aromatic carbocycles. The Morgan fingerprint density at radius 1 is 0.649 bits per heavy atom. The molecule has 1 aromatic heterocycles. The molecule has 0 atom stereocenters. The summed E-state index contributed by atoms with van der Waals surface area (Å²) in [4.78, 5) is 3.70. The van der Waals surface area contributed by atoms with Gasteiger partial charge in [-0.1, -0.05) is 68.4 Å². The molecular weight excluding hydrogens is 452 g/mol. The summed E-state index contributed by atoms with van der Waals surface area (Å²) in [5.41, 5.74) is 8.50. The number of rotatable bonds is 2.